The van der Waals surface area contributed by atoms with Crippen molar-refractivity contribution in [3.8, 4) is 0 Å². The average Bonchev–Trinajstić information content (AvgIpc) is 2.97. The molecule has 0 heterocycles. The standard InChI is InChI=1S/C24H40O2.CH4/c1-23-15-5-4-7-17(23)10-12-19-20-13-11-18(8-6-9-22(25)26-3)24(20,2)16-14-21(19)23;/h17-21H,4-16H2,1-3H3;1H4. The lowest BCUT2D eigenvalue weighted by Gasteiger charge is -2.60. The zero-order chi connectivity index (χ0) is 18.4. The Balaban J connectivity index is 0.00000210. The summed E-state index contributed by atoms with van der Waals surface area (Å²) in [7, 11) is 1.51. The van der Waals surface area contributed by atoms with E-state index in [1.54, 1.807) is 0 Å². The van der Waals surface area contributed by atoms with Crippen molar-refractivity contribution in [2.75, 3.05) is 7.11 Å². The highest BCUT2D eigenvalue weighted by atomic mass is 16.5. The molecule has 0 aromatic heterocycles. The van der Waals surface area contributed by atoms with Crippen LogP contribution in [0.3, 0.4) is 0 Å². The molecule has 27 heavy (non-hydrogen) atoms. The Morgan fingerprint density at radius 1 is 0.926 bits per heavy atom. The van der Waals surface area contributed by atoms with Gasteiger partial charge in [-0.3, -0.25) is 4.79 Å². The second kappa shape index (κ2) is 8.07. The third kappa shape index (κ3) is 3.48. The molecule has 2 heteroatoms. The van der Waals surface area contributed by atoms with Crippen LogP contribution in [0.4, 0.5) is 0 Å². The van der Waals surface area contributed by atoms with Crippen LogP contribution >= 0.6 is 0 Å². The molecular weight excluding hydrogens is 332 g/mol. The van der Waals surface area contributed by atoms with Crippen LogP contribution in [0.5, 0.6) is 0 Å². The lowest BCUT2D eigenvalue weighted by atomic mass is 9.45. The first kappa shape index (κ1) is 21.2. The molecule has 0 bridgehead atoms. The largest absolute Gasteiger partial charge is 0.469 e. The minimum Gasteiger partial charge on any atom is -0.469 e. The van der Waals surface area contributed by atoms with Gasteiger partial charge in [0.25, 0.3) is 0 Å². The molecule has 7 atom stereocenters. The predicted molar refractivity (Wildman–Crippen MR) is 112 cm³/mol. The van der Waals surface area contributed by atoms with Gasteiger partial charge in [0.05, 0.1) is 7.11 Å². The smallest absolute Gasteiger partial charge is 0.305 e. The van der Waals surface area contributed by atoms with Crippen molar-refractivity contribution in [3.05, 3.63) is 0 Å². The molecule has 0 aromatic carbocycles. The first-order valence-corrected chi connectivity index (χ1v) is 11.6. The fourth-order valence-electron chi connectivity index (χ4n) is 8.47. The van der Waals surface area contributed by atoms with Gasteiger partial charge in [0.1, 0.15) is 0 Å². The minimum atomic E-state index is -0.0306. The van der Waals surface area contributed by atoms with Gasteiger partial charge in [-0.05, 0) is 105 Å². The molecule has 0 aliphatic heterocycles. The number of fused-ring (bicyclic) bond motifs is 5. The molecule has 0 spiro atoms. The van der Waals surface area contributed by atoms with E-state index in [-0.39, 0.29) is 13.4 Å². The van der Waals surface area contributed by atoms with Crippen molar-refractivity contribution in [1.29, 1.82) is 0 Å². The highest BCUT2D eigenvalue weighted by Crippen LogP contribution is 2.67. The van der Waals surface area contributed by atoms with E-state index in [0.717, 1.165) is 36.0 Å². The van der Waals surface area contributed by atoms with E-state index in [2.05, 4.69) is 13.8 Å². The molecule has 0 amide bonds. The molecule has 156 valence electrons. The van der Waals surface area contributed by atoms with E-state index in [9.17, 15) is 4.79 Å². The first-order chi connectivity index (χ1) is 12.5. The van der Waals surface area contributed by atoms with Gasteiger partial charge in [-0.2, -0.15) is 0 Å². The summed E-state index contributed by atoms with van der Waals surface area (Å²) in [5.41, 5.74) is 1.21. The van der Waals surface area contributed by atoms with Gasteiger partial charge in [0, 0.05) is 6.42 Å². The molecule has 7 unspecified atom stereocenters. The SMILES string of the molecule is C.COC(=O)CCCC1CCC2C3CCC4CCCCC4(C)C3CCC12C. The second-order valence-corrected chi connectivity index (χ2v) is 10.7. The molecule has 4 aliphatic carbocycles. The fraction of sp³-hybridized carbons (Fsp3) is 0.960. The highest BCUT2D eigenvalue weighted by molar-refractivity contribution is 5.68. The van der Waals surface area contributed by atoms with Crippen molar-refractivity contribution in [1.82, 2.24) is 0 Å². The zero-order valence-electron chi connectivity index (χ0n) is 17.4. The van der Waals surface area contributed by atoms with Crippen LogP contribution in [0.25, 0.3) is 0 Å². The fourth-order valence-corrected chi connectivity index (χ4v) is 8.47. The molecular formula is C25H44O2. The molecule has 4 fully saturated rings. The van der Waals surface area contributed by atoms with E-state index >= 15 is 0 Å². The van der Waals surface area contributed by atoms with Crippen LogP contribution in [-0.2, 0) is 9.53 Å². The number of carbonyl (C=O) groups is 1. The second-order valence-electron chi connectivity index (χ2n) is 10.7. The lowest BCUT2D eigenvalue weighted by molar-refractivity contribution is -0.140. The number of carbonyl (C=O) groups excluding carboxylic acids is 1. The Labute approximate surface area is 168 Å². The Hall–Kier alpha value is -0.530. The molecule has 2 nitrogen and oxygen atoms in total. The third-order valence-electron chi connectivity index (χ3n) is 9.94. The summed E-state index contributed by atoms with van der Waals surface area (Å²) in [5.74, 6) is 4.81. The normalized spacial score (nSPS) is 45.8. The molecule has 4 rings (SSSR count). The van der Waals surface area contributed by atoms with E-state index in [1.807, 2.05) is 0 Å². The van der Waals surface area contributed by atoms with Crippen molar-refractivity contribution in [2.24, 2.45) is 40.4 Å². The Kier molecular flexibility index (Phi) is 6.33. The number of ether oxygens (including phenoxy) is 1. The number of hydrogen-bond donors (Lipinski definition) is 0. The van der Waals surface area contributed by atoms with Crippen LogP contribution < -0.4 is 0 Å². The van der Waals surface area contributed by atoms with E-state index in [1.165, 1.54) is 77.7 Å². The molecule has 0 aromatic rings. The van der Waals surface area contributed by atoms with Crippen LogP contribution in [0.15, 0.2) is 0 Å². The monoisotopic (exact) mass is 376 g/mol. The summed E-state index contributed by atoms with van der Waals surface area (Å²) in [6, 6.07) is 0. The molecule has 0 N–H and O–H groups in total. The van der Waals surface area contributed by atoms with Crippen LogP contribution in [0, 0.1) is 40.4 Å². The van der Waals surface area contributed by atoms with Gasteiger partial charge < -0.3 is 4.74 Å². The van der Waals surface area contributed by atoms with Gasteiger partial charge >= 0.3 is 5.97 Å². The number of hydrogen-bond acceptors (Lipinski definition) is 2. The number of rotatable bonds is 4. The third-order valence-corrected chi connectivity index (χ3v) is 9.94. The Morgan fingerprint density at radius 2 is 1.70 bits per heavy atom. The van der Waals surface area contributed by atoms with Gasteiger partial charge in [-0.25, -0.2) is 0 Å². The summed E-state index contributed by atoms with van der Waals surface area (Å²) in [6.45, 7) is 5.30. The topological polar surface area (TPSA) is 26.3 Å². The Morgan fingerprint density at radius 3 is 2.48 bits per heavy atom. The molecule has 0 radical (unpaired) electrons. The van der Waals surface area contributed by atoms with Gasteiger partial charge in [-0.1, -0.05) is 34.1 Å². The van der Waals surface area contributed by atoms with Crippen LogP contribution in [-0.4, -0.2) is 13.1 Å². The van der Waals surface area contributed by atoms with Gasteiger partial charge in [-0.15, -0.1) is 0 Å². The van der Waals surface area contributed by atoms with Crippen molar-refractivity contribution < 1.29 is 9.53 Å². The highest BCUT2D eigenvalue weighted by Gasteiger charge is 2.59. The maximum Gasteiger partial charge on any atom is 0.305 e. The zero-order valence-corrected chi connectivity index (χ0v) is 17.4. The maximum atomic E-state index is 11.5. The van der Waals surface area contributed by atoms with Gasteiger partial charge in [0.15, 0.2) is 0 Å². The van der Waals surface area contributed by atoms with Crippen molar-refractivity contribution in [3.63, 3.8) is 0 Å². The quantitative estimate of drug-likeness (QED) is 0.493. The maximum absolute atomic E-state index is 11.5. The predicted octanol–water partition coefficient (Wildman–Crippen LogP) is 7.01. The van der Waals surface area contributed by atoms with Crippen LogP contribution in [0.2, 0.25) is 0 Å². The van der Waals surface area contributed by atoms with Crippen LogP contribution in [0.1, 0.15) is 105 Å². The summed E-state index contributed by atoms with van der Waals surface area (Å²) in [4.78, 5) is 11.5. The van der Waals surface area contributed by atoms with Crippen molar-refractivity contribution in [2.45, 2.75) is 105 Å². The summed E-state index contributed by atoms with van der Waals surface area (Å²) in [5, 5.41) is 0. The van der Waals surface area contributed by atoms with E-state index < -0.39 is 0 Å². The average molecular weight is 377 g/mol. The molecule has 4 aliphatic rings. The summed E-state index contributed by atoms with van der Waals surface area (Å²) < 4.78 is 4.84. The number of methoxy groups -OCH3 is 1. The summed E-state index contributed by atoms with van der Waals surface area (Å²) >= 11 is 0. The van der Waals surface area contributed by atoms with E-state index in [0.29, 0.717) is 17.3 Å². The van der Waals surface area contributed by atoms with Crippen molar-refractivity contribution >= 4 is 5.97 Å². The number of esters is 1. The van der Waals surface area contributed by atoms with E-state index in [4.69, 9.17) is 4.74 Å². The molecule has 0 saturated heterocycles. The minimum absolute atomic E-state index is 0. The first-order valence-electron chi connectivity index (χ1n) is 11.6. The molecule has 4 saturated carbocycles. The summed E-state index contributed by atoms with van der Waals surface area (Å²) in [6.07, 6.45) is 17.7. The lowest BCUT2D eigenvalue weighted by Crippen LogP contribution is -2.52. The Bertz CT molecular complexity index is 528. The van der Waals surface area contributed by atoms with Gasteiger partial charge in [0.2, 0.25) is 0 Å².